The van der Waals surface area contributed by atoms with E-state index in [0.717, 1.165) is 0 Å². The molecule has 0 bridgehead atoms. The lowest BCUT2D eigenvalue weighted by Gasteiger charge is -2.05. The quantitative estimate of drug-likeness (QED) is 0.688. The molecule has 0 aliphatic carbocycles. The Balaban J connectivity index is 0.000000671. The van der Waals surface area contributed by atoms with E-state index in [4.69, 9.17) is 0 Å². The molecule has 1 rings (SSSR count). The van der Waals surface area contributed by atoms with Crippen molar-refractivity contribution in [1.82, 2.24) is 0 Å². The maximum Gasteiger partial charge on any atom is 0.387 e. The summed E-state index contributed by atoms with van der Waals surface area (Å²) in [6.45, 7) is 2.98. The zero-order valence-electron chi connectivity index (χ0n) is 8.05. The van der Waals surface area contributed by atoms with E-state index in [1.165, 1.54) is 6.07 Å². The lowest BCUT2D eigenvalue weighted by atomic mass is 10.2. The van der Waals surface area contributed by atoms with Crippen LogP contribution in [0.25, 0.3) is 0 Å². The fraction of sp³-hybridized carbons (Fsp3) is 0.400. The van der Waals surface area contributed by atoms with Gasteiger partial charge in [0.2, 0.25) is 0 Å². The molecule has 0 aliphatic rings. The second kappa shape index (κ2) is 6.40. The van der Waals surface area contributed by atoms with Crippen molar-refractivity contribution < 1.29 is 13.5 Å². The average molecular weight is 188 g/mol. The van der Waals surface area contributed by atoms with Gasteiger partial charge >= 0.3 is 6.61 Å². The van der Waals surface area contributed by atoms with Crippen molar-refractivity contribution >= 4 is 0 Å². The van der Waals surface area contributed by atoms with Gasteiger partial charge < -0.3 is 4.74 Å². The van der Waals surface area contributed by atoms with Crippen molar-refractivity contribution in [3.8, 4) is 5.75 Å². The van der Waals surface area contributed by atoms with Crippen LogP contribution in [0, 0.1) is 6.92 Å². The molecule has 0 aromatic heterocycles. The number of halogens is 2. The number of rotatable bonds is 2. The molecule has 1 aromatic carbocycles. The van der Waals surface area contributed by atoms with E-state index in [9.17, 15) is 8.78 Å². The van der Waals surface area contributed by atoms with E-state index in [0.29, 0.717) is 5.56 Å². The van der Waals surface area contributed by atoms with Gasteiger partial charge in [-0.1, -0.05) is 32.0 Å². The third-order valence-corrected chi connectivity index (χ3v) is 1.31. The topological polar surface area (TPSA) is 9.23 Å². The largest absolute Gasteiger partial charge is 0.435 e. The Kier molecular flexibility index (Phi) is 5.85. The molecule has 0 fully saturated rings. The zero-order valence-corrected chi connectivity index (χ0v) is 8.05. The number of para-hydroxylation sites is 1. The number of aryl methyl sites for hydroxylation is 1. The predicted octanol–water partition coefficient (Wildman–Crippen LogP) is 3.62. The van der Waals surface area contributed by atoms with Gasteiger partial charge in [-0.05, 0) is 18.6 Å². The van der Waals surface area contributed by atoms with Gasteiger partial charge in [-0.15, -0.1) is 0 Å². The summed E-state index contributed by atoms with van der Waals surface area (Å²) in [5.41, 5.74) is 0.716. The minimum atomic E-state index is -2.74. The van der Waals surface area contributed by atoms with Crippen molar-refractivity contribution in [2.45, 2.75) is 27.4 Å². The van der Waals surface area contributed by atoms with Crippen molar-refractivity contribution in [2.75, 3.05) is 0 Å². The van der Waals surface area contributed by atoms with Crippen molar-refractivity contribution in [2.24, 2.45) is 0 Å². The van der Waals surface area contributed by atoms with Crippen LogP contribution in [0.3, 0.4) is 0 Å². The summed E-state index contributed by atoms with van der Waals surface area (Å²) in [6.07, 6.45) is 0. The van der Waals surface area contributed by atoms with Crippen molar-refractivity contribution in [1.29, 1.82) is 0 Å². The molecule has 0 saturated heterocycles. The molecule has 1 aromatic rings. The molecule has 0 radical (unpaired) electrons. The molecule has 0 amide bonds. The van der Waals surface area contributed by atoms with E-state index in [2.05, 4.69) is 4.74 Å². The number of alkyl halides is 2. The number of hydrogen-bond acceptors (Lipinski definition) is 1. The van der Waals surface area contributed by atoms with Crippen LogP contribution >= 0.6 is 0 Å². The molecule has 74 valence electrons. The second-order valence-electron chi connectivity index (χ2n) is 2.14. The summed E-state index contributed by atoms with van der Waals surface area (Å²) in [5, 5.41) is 0. The van der Waals surface area contributed by atoms with E-state index in [1.807, 2.05) is 13.8 Å². The predicted molar refractivity (Wildman–Crippen MR) is 49.2 cm³/mol. The normalized spacial score (nSPS) is 9.08. The monoisotopic (exact) mass is 188 g/mol. The molecule has 13 heavy (non-hydrogen) atoms. The Bertz CT molecular complexity index is 236. The van der Waals surface area contributed by atoms with Crippen LogP contribution in [0.4, 0.5) is 8.78 Å². The summed E-state index contributed by atoms with van der Waals surface area (Å²) in [4.78, 5) is 0. The highest BCUT2D eigenvalue weighted by Gasteiger charge is 2.04. The SMILES string of the molecule is CC.Cc1ccccc1OC(F)F. The lowest BCUT2D eigenvalue weighted by molar-refractivity contribution is -0.0502. The molecule has 0 aliphatic heterocycles. The molecule has 0 unspecified atom stereocenters. The minimum Gasteiger partial charge on any atom is -0.435 e. The van der Waals surface area contributed by atoms with Gasteiger partial charge in [0.25, 0.3) is 0 Å². The number of benzene rings is 1. The maximum atomic E-state index is 11.7. The summed E-state index contributed by atoms with van der Waals surface area (Å²) in [5.74, 6) is 0.238. The van der Waals surface area contributed by atoms with Gasteiger partial charge in [-0.25, -0.2) is 0 Å². The first kappa shape index (κ1) is 11.9. The van der Waals surface area contributed by atoms with Gasteiger partial charge in [0, 0.05) is 0 Å². The molecule has 0 atom stereocenters. The smallest absolute Gasteiger partial charge is 0.387 e. The molecule has 3 heteroatoms. The first-order chi connectivity index (χ1) is 6.20. The maximum absolute atomic E-state index is 11.7. The van der Waals surface area contributed by atoms with Crippen LogP contribution in [0.15, 0.2) is 24.3 Å². The molecule has 1 nitrogen and oxygen atoms in total. The molecular formula is C10H14F2O. The molecule has 0 heterocycles. The molecule has 0 spiro atoms. The third kappa shape index (κ3) is 4.45. The van der Waals surface area contributed by atoms with Crippen LogP contribution in [0.5, 0.6) is 5.75 Å². The zero-order chi connectivity index (χ0) is 10.3. The van der Waals surface area contributed by atoms with Crippen LogP contribution in [0.1, 0.15) is 19.4 Å². The highest BCUT2D eigenvalue weighted by Crippen LogP contribution is 2.18. The molecular weight excluding hydrogens is 174 g/mol. The van der Waals surface area contributed by atoms with Gasteiger partial charge in [-0.3, -0.25) is 0 Å². The van der Waals surface area contributed by atoms with Gasteiger partial charge in [-0.2, -0.15) is 8.78 Å². The first-order valence-electron chi connectivity index (χ1n) is 4.20. The summed E-state index contributed by atoms with van der Waals surface area (Å²) < 4.78 is 27.6. The summed E-state index contributed by atoms with van der Waals surface area (Å²) in [6, 6.07) is 6.66. The third-order valence-electron chi connectivity index (χ3n) is 1.31. The van der Waals surface area contributed by atoms with Gasteiger partial charge in [0.15, 0.2) is 0 Å². The Morgan fingerprint density at radius 1 is 1.15 bits per heavy atom. The number of ether oxygens (including phenoxy) is 1. The van der Waals surface area contributed by atoms with Crippen LogP contribution in [-0.4, -0.2) is 6.61 Å². The van der Waals surface area contributed by atoms with Crippen LogP contribution in [-0.2, 0) is 0 Å². The Morgan fingerprint density at radius 3 is 2.15 bits per heavy atom. The van der Waals surface area contributed by atoms with Crippen molar-refractivity contribution in [3.63, 3.8) is 0 Å². The highest BCUT2D eigenvalue weighted by molar-refractivity contribution is 5.31. The molecule has 0 N–H and O–H groups in total. The molecule has 0 saturated carbocycles. The fourth-order valence-electron chi connectivity index (χ4n) is 0.785. The Morgan fingerprint density at radius 2 is 1.69 bits per heavy atom. The lowest BCUT2D eigenvalue weighted by Crippen LogP contribution is -2.02. The van der Waals surface area contributed by atoms with Crippen LogP contribution < -0.4 is 4.74 Å². The van der Waals surface area contributed by atoms with E-state index >= 15 is 0 Å². The highest BCUT2D eigenvalue weighted by atomic mass is 19.3. The summed E-state index contributed by atoms with van der Waals surface area (Å²) in [7, 11) is 0. The Labute approximate surface area is 77.3 Å². The van der Waals surface area contributed by atoms with E-state index < -0.39 is 6.61 Å². The standard InChI is InChI=1S/C8H8F2O.C2H6/c1-6-4-2-3-5-7(6)11-8(9)10;1-2/h2-5,8H,1H3;1-2H3. The fourth-order valence-corrected chi connectivity index (χ4v) is 0.785. The number of hydrogen-bond donors (Lipinski definition) is 0. The average Bonchev–Trinajstić information content (AvgIpc) is 2.12. The van der Waals surface area contributed by atoms with Gasteiger partial charge in [0.05, 0.1) is 0 Å². The van der Waals surface area contributed by atoms with Crippen LogP contribution in [0.2, 0.25) is 0 Å². The first-order valence-corrected chi connectivity index (χ1v) is 4.20. The minimum absolute atomic E-state index is 0.238. The van der Waals surface area contributed by atoms with Crippen molar-refractivity contribution in [3.05, 3.63) is 29.8 Å². The van der Waals surface area contributed by atoms with Gasteiger partial charge in [0.1, 0.15) is 5.75 Å². The second-order valence-corrected chi connectivity index (χ2v) is 2.14. The van der Waals surface area contributed by atoms with E-state index in [-0.39, 0.29) is 5.75 Å². The summed E-state index contributed by atoms with van der Waals surface area (Å²) >= 11 is 0. The Hall–Kier alpha value is -1.12. The van der Waals surface area contributed by atoms with E-state index in [1.54, 1.807) is 25.1 Å².